The average Bonchev–Trinajstić information content (AvgIpc) is 3.24. The predicted molar refractivity (Wildman–Crippen MR) is 128 cm³/mol. The Kier molecular flexibility index (Phi) is 7.00. The van der Waals surface area contributed by atoms with Crippen LogP contribution in [0.15, 0.2) is 41.7 Å². The van der Waals surface area contributed by atoms with Crippen LogP contribution < -0.4 is 4.74 Å². The van der Waals surface area contributed by atoms with Gasteiger partial charge in [0.15, 0.2) is 5.75 Å². The van der Waals surface area contributed by atoms with E-state index in [0.717, 1.165) is 40.9 Å². The van der Waals surface area contributed by atoms with Gasteiger partial charge in [-0.3, -0.25) is 9.97 Å². The Hall–Kier alpha value is -1.17. The van der Waals surface area contributed by atoms with Gasteiger partial charge in [0.05, 0.1) is 42.0 Å². The Labute approximate surface area is 223 Å². The zero-order valence-electron chi connectivity index (χ0n) is 18.5. The minimum absolute atomic E-state index is 0. The van der Waals surface area contributed by atoms with E-state index < -0.39 is 17.1 Å². The van der Waals surface area contributed by atoms with E-state index in [2.05, 4.69) is 15.0 Å². The van der Waals surface area contributed by atoms with Gasteiger partial charge in [-0.1, -0.05) is 18.6 Å². The molecule has 1 saturated carbocycles. The van der Waals surface area contributed by atoms with Crippen LogP contribution in [0.25, 0.3) is 11.0 Å². The second-order valence-corrected chi connectivity index (χ2v) is 10.7. The first kappa shape index (κ1) is 24.5. The molecule has 2 bridgehead atoms. The number of nitrogens with one attached hydrogen (secondary N) is 1. The molecule has 0 radical (unpaired) electrons. The maximum absolute atomic E-state index is 13.0. The number of rotatable bonds is 7. The van der Waals surface area contributed by atoms with Gasteiger partial charge in [0.2, 0.25) is 0 Å². The fraction of sp³-hybridized carbons (Fsp3) is 0.500. The van der Waals surface area contributed by atoms with Crippen molar-refractivity contribution < 1.29 is 23.5 Å². The summed E-state index contributed by atoms with van der Waals surface area (Å²) in [5.74, 6) is 0.486. The summed E-state index contributed by atoms with van der Waals surface area (Å²) in [7, 11) is 0. The Morgan fingerprint density at radius 1 is 1.15 bits per heavy atom. The molecule has 10 heteroatoms. The molecular formula is C24H28N3NaO5S. The first-order valence-electron chi connectivity index (χ1n) is 11.4. The van der Waals surface area contributed by atoms with Crippen molar-refractivity contribution in [1.29, 1.82) is 0 Å². The Bertz CT molecular complexity index is 1110. The van der Waals surface area contributed by atoms with Gasteiger partial charge in [-0.15, -0.1) is 0 Å². The first-order valence-corrected chi connectivity index (χ1v) is 12.7. The van der Waals surface area contributed by atoms with Crippen molar-refractivity contribution >= 4 is 51.8 Å². The second-order valence-electron chi connectivity index (χ2n) is 9.32. The van der Waals surface area contributed by atoms with Crippen LogP contribution in [-0.4, -0.2) is 81.5 Å². The number of H-pyrrole nitrogens is 1. The fourth-order valence-electron chi connectivity index (χ4n) is 4.57. The number of hydrogen-bond acceptors (Lipinski definition) is 7. The number of pyridine rings is 1. The van der Waals surface area contributed by atoms with E-state index in [-0.39, 0.29) is 40.7 Å². The van der Waals surface area contributed by atoms with Crippen LogP contribution in [0.1, 0.15) is 30.5 Å². The fourth-order valence-corrected chi connectivity index (χ4v) is 5.67. The summed E-state index contributed by atoms with van der Waals surface area (Å²) < 4.78 is 37.3. The molecule has 4 aliphatic rings. The van der Waals surface area contributed by atoms with E-state index in [9.17, 15) is 4.55 Å². The molecule has 7 rings (SSSR count). The van der Waals surface area contributed by atoms with Gasteiger partial charge < -0.3 is 23.5 Å². The topological polar surface area (TPSA) is 102 Å². The molecule has 3 aromatic rings. The van der Waals surface area contributed by atoms with Crippen LogP contribution in [-0.2, 0) is 31.1 Å². The maximum atomic E-state index is 13.0. The van der Waals surface area contributed by atoms with Crippen molar-refractivity contribution in [2.75, 3.05) is 26.4 Å². The van der Waals surface area contributed by atoms with E-state index in [4.69, 9.17) is 18.9 Å². The molecule has 8 nitrogen and oxygen atoms in total. The van der Waals surface area contributed by atoms with Gasteiger partial charge in [0, 0.05) is 28.9 Å². The van der Waals surface area contributed by atoms with E-state index in [1.807, 2.05) is 37.3 Å². The number of hydrogen-bond donors (Lipinski definition) is 1. The van der Waals surface area contributed by atoms with Crippen LogP contribution in [0.2, 0.25) is 0 Å². The van der Waals surface area contributed by atoms with Gasteiger partial charge in [-0.25, -0.2) is 0 Å². The predicted octanol–water partition coefficient (Wildman–Crippen LogP) is 2.82. The van der Waals surface area contributed by atoms with Gasteiger partial charge in [0.25, 0.3) is 5.97 Å². The van der Waals surface area contributed by atoms with Gasteiger partial charge in [-0.2, -0.15) is 4.98 Å². The zero-order chi connectivity index (χ0) is 22.5. The van der Waals surface area contributed by atoms with Crippen molar-refractivity contribution in [1.82, 2.24) is 15.0 Å². The molecule has 34 heavy (non-hydrogen) atoms. The van der Waals surface area contributed by atoms with Crippen LogP contribution in [0, 0.1) is 18.3 Å². The van der Waals surface area contributed by atoms with Crippen molar-refractivity contribution in [2.24, 2.45) is 11.3 Å². The van der Waals surface area contributed by atoms with E-state index in [0.29, 0.717) is 37.5 Å². The molecule has 2 aromatic heterocycles. The summed E-state index contributed by atoms with van der Waals surface area (Å²) >= 11 is -1.35. The number of imidazole rings is 1. The Morgan fingerprint density at radius 2 is 1.88 bits per heavy atom. The number of nitrogens with zero attached hydrogens (tertiary/aromatic N) is 2. The standard InChI is InChI=1S/C24H27N3O5S.Na.H/c1-16-20(11-33(28)22-26-18-7-2-3-8-19(18)27-22)25-10-9-21(16)29-12-23-13-30-24(31-14-23,32-15-23)17-5-4-6-17;;/h2-3,7-10,17H,4-6,11-15H2,1H3,(H,26,27);;. The number of fused-ring (bicyclic) bond motifs is 4. The Morgan fingerprint density at radius 3 is 2.56 bits per heavy atom. The van der Waals surface area contributed by atoms with Crippen molar-refractivity contribution in [3.05, 3.63) is 47.8 Å². The summed E-state index contributed by atoms with van der Waals surface area (Å²) in [5.41, 5.74) is 2.95. The summed E-state index contributed by atoms with van der Waals surface area (Å²) in [6.45, 7) is 4.06. The molecule has 0 amide bonds. The van der Waals surface area contributed by atoms with Crippen molar-refractivity contribution in [2.45, 2.75) is 43.1 Å². The molecule has 1 unspecified atom stereocenters. The third-order valence-electron chi connectivity index (χ3n) is 6.99. The second kappa shape index (κ2) is 9.71. The van der Waals surface area contributed by atoms with E-state index in [1.165, 1.54) is 6.42 Å². The molecule has 4 fully saturated rings. The number of aromatic amines is 1. The number of para-hydroxylation sites is 2. The summed E-state index contributed by atoms with van der Waals surface area (Å²) in [6, 6.07) is 9.49. The normalized spacial score (nSPS) is 27.2. The molecule has 1 aliphatic carbocycles. The zero-order valence-corrected chi connectivity index (χ0v) is 19.4. The van der Waals surface area contributed by atoms with Crippen molar-refractivity contribution in [3.63, 3.8) is 0 Å². The third-order valence-corrected chi connectivity index (χ3v) is 8.15. The number of ether oxygens (including phenoxy) is 4. The monoisotopic (exact) mass is 493 g/mol. The first-order chi connectivity index (χ1) is 16.1. The molecule has 1 aromatic carbocycles. The molecule has 3 saturated heterocycles. The van der Waals surface area contributed by atoms with Crippen LogP contribution in [0.3, 0.4) is 0 Å². The molecule has 176 valence electrons. The van der Waals surface area contributed by atoms with Crippen LogP contribution in [0.5, 0.6) is 5.75 Å². The average molecular weight is 494 g/mol. The SMILES string of the molecule is Cc1c(OCC23COC(C4CCC4)(OC2)OC3)ccnc1C[S+]([O-])c1nc2ccccc2[nH]1.[NaH]. The third kappa shape index (κ3) is 4.41. The molecule has 1 atom stereocenters. The van der Waals surface area contributed by atoms with Gasteiger partial charge in [-0.05, 0) is 38.0 Å². The van der Waals surface area contributed by atoms with Crippen molar-refractivity contribution in [3.8, 4) is 5.75 Å². The molecular weight excluding hydrogens is 465 g/mol. The van der Waals surface area contributed by atoms with E-state index >= 15 is 0 Å². The van der Waals surface area contributed by atoms with Crippen LogP contribution in [0.4, 0.5) is 0 Å². The summed E-state index contributed by atoms with van der Waals surface area (Å²) in [5, 5.41) is 0.452. The molecule has 3 aliphatic heterocycles. The van der Waals surface area contributed by atoms with Gasteiger partial charge in [0.1, 0.15) is 12.4 Å². The molecule has 0 spiro atoms. The van der Waals surface area contributed by atoms with Crippen LogP contribution >= 0.6 is 0 Å². The molecule has 1 N–H and O–H groups in total. The number of aromatic nitrogens is 3. The molecule has 5 heterocycles. The number of benzene rings is 1. The van der Waals surface area contributed by atoms with Gasteiger partial charge >= 0.3 is 34.7 Å². The summed E-state index contributed by atoms with van der Waals surface area (Å²) in [4.78, 5) is 12.1. The summed E-state index contributed by atoms with van der Waals surface area (Å²) in [6.07, 6.45) is 5.09. The quantitative estimate of drug-likeness (QED) is 0.399. The Balaban J connectivity index is 0.00000241. The van der Waals surface area contributed by atoms with E-state index in [1.54, 1.807) is 6.20 Å². The minimum atomic E-state index is -1.35.